The van der Waals surface area contributed by atoms with E-state index in [1.807, 2.05) is 12.1 Å². The average Bonchev–Trinajstić information content (AvgIpc) is 3.28. The van der Waals surface area contributed by atoms with E-state index < -0.39 is 5.82 Å². The van der Waals surface area contributed by atoms with E-state index in [0.717, 1.165) is 44.6 Å². The highest BCUT2D eigenvalue weighted by atomic mass is 35.5. The van der Waals surface area contributed by atoms with E-state index in [-0.39, 0.29) is 5.02 Å². The van der Waals surface area contributed by atoms with Crippen LogP contribution in [0, 0.1) is 5.82 Å². The zero-order valence-corrected chi connectivity index (χ0v) is 20.6. The first-order chi connectivity index (χ1) is 17.0. The molecular weight excluding hydrogens is 473 g/mol. The van der Waals surface area contributed by atoms with E-state index in [2.05, 4.69) is 32.1 Å². The van der Waals surface area contributed by atoms with Crippen molar-refractivity contribution in [1.82, 2.24) is 19.8 Å². The Kier molecular flexibility index (Phi) is 7.19. The molecule has 5 rings (SSSR count). The third-order valence-electron chi connectivity index (χ3n) is 6.63. The summed E-state index contributed by atoms with van der Waals surface area (Å²) < 4.78 is 31.2. The van der Waals surface area contributed by atoms with E-state index in [1.54, 1.807) is 13.2 Å². The van der Waals surface area contributed by atoms with Crippen LogP contribution < -0.4 is 14.8 Å². The first-order valence-corrected chi connectivity index (χ1v) is 12.1. The number of hydrogen-bond acceptors (Lipinski definition) is 8. The van der Waals surface area contributed by atoms with Gasteiger partial charge in [-0.15, -0.1) is 0 Å². The second-order valence-electron chi connectivity index (χ2n) is 8.92. The molecule has 1 N–H and O–H groups in total. The van der Waals surface area contributed by atoms with Gasteiger partial charge >= 0.3 is 0 Å². The highest BCUT2D eigenvalue weighted by Crippen LogP contribution is 2.35. The smallest absolute Gasteiger partial charge is 0.162 e. The standard InChI is InChI=1S/C25H29ClFN5O3/c1-31-7-9-35-24-14-32(13-21(24)31)6-3-8-34-23-11-17-20(12-22(23)33-2)28-15-29-25(17)30-16-4-5-19(27)18(26)10-16/h4-5,10-12,15,21,24H,3,6-9,13-14H2,1-2H3,(H,28,29,30)/t21-,24+/m0/s1. The zero-order valence-electron chi connectivity index (χ0n) is 19.8. The minimum Gasteiger partial charge on any atom is -0.493 e. The van der Waals surface area contributed by atoms with E-state index in [1.165, 1.54) is 18.5 Å². The molecule has 0 spiro atoms. The number of morpholine rings is 1. The summed E-state index contributed by atoms with van der Waals surface area (Å²) in [6, 6.07) is 8.61. The van der Waals surface area contributed by atoms with Gasteiger partial charge in [0.1, 0.15) is 18.0 Å². The lowest BCUT2D eigenvalue weighted by Gasteiger charge is -2.33. The molecule has 0 saturated carbocycles. The number of methoxy groups -OCH3 is 1. The third kappa shape index (κ3) is 5.28. The zero-order chi connectivity index (χ0) is 24.4. The molecule has 0 amide bonds. The predicted molar refractivity (Wildman–Crippen MR) is 133 cm³/mol. The van der Waals surface area contributed by atoms with Gasteiger partial charge in [0.05, 0.1) is 37.0 Å². The minimum absolute atomic E-state index is 0.0366. The third-order valence-corrected chi connectivity index (χ3v) is 6.92. The van der Waals surface area contributed by atoms with Crippen LogP contribution >= 0.6 is 11.6 Å². The Balaban J connectivity index is 1.26. The summed E-state index contributed by atoms with van der Waals surface area (Å²) in [5, 5.41) is 3.98. The molecule has 0 aliphatic carbocycles. The van der Waals surface area contributed by atoms with Crippen molar-refractivity contribution >= 4 is 34.0 Å². The van der Waals surface area contributed by atoms with Crippen LogP contribution in [0.1, 0.15) is 6.42 Å². The fourth-order valence-electron chi connectivity index (χ4n) is 4.73. The number of benzene rings is 2. The monoisotopic (exact) mass is 501 g/mol. The molecule has 2 fully saturated rings. The van der Waals surface area contributed by atoms with Crippen LogP contribution in [-0.2, 0) is 4.74 Å². The van der Waals surface area contributed by atoms with Gasteiger partial charge < -0.3 is 19.5 Å². The van der Waals surface area contributed by atoms with Crippen LogP contribution in [0.3, 0.4) is 0 Å². The Morgan fingerprint density at radius 3 is 2.89 bits per heavy atom. The van der Waals surface area contributed by atoms with Crippen molar-refractivity contribution in [3.8, 4) is 11.5 Å². The SMILES string of the molecule is COc1cc2ncnc(Nc3ccc(F)c(Cl)c3)c2cc1OCCCN1C[C@H]2OCCN(C)[C@H]2C1. The number of ether oxygens (including phenoxy) is 3. The number of anilines is 2. The summed E-state index contributed by atoms with van der Waals surface area (Å²) in [5.41, 5.74) is 1.32. The number of nitrogens with zero attached hydrogens (tertiary/aromatic N) is 4. The van der Waals surface area contributed by atoms with Gasteiger partial charge in [-0.3, -0.25) is 9.80 Å². The topological polar surface area (TPSA) is 72.0 Å². The fraction of sp³-hybridized carbons (Fsp3) is 0.440. The quantitative estimate of drug-likeness (QED) is 0.465. The molecule has 10 heteroatoms. The van der Waals surface area contributed by atoms with Crippen LogP contribution in [0.25, 0.3) is 10.9 Å². The van der Waals surface area contributed by atoms with E-state index in [9.17, 15) is 4.39 Å². The molecule has 8 nitrogen and oxygen atoms in total. The largest absolute Gasteiger partial charge is 0.493 e. The summed E-state index contributed by atoms with van der Waals surface area (Å²) in [6.07, 6.45) is 2.65. The van der Waals surface area contributed by atoms with E-state index in [0.29, 0.717) is 47.3 Å². The lowest BCUT2D eigenvalue weighted by molar-refractivity contribution is -0.0369. The summed E-state index contributed by atoms with van der Waals surface area (Å²) in [5.74, 6) is 1.31. The molecular formula is C25H29ClFN5O3. The summed E-state index contributed by atoms with van der Waals surface area (Å²) in [4.78, 5) is 13.6. The van der Waals surface area contributed by atoms with Crippen LogP contribution in [0.2, 0.25) is 5.02 Å². The maximum atomic E-state index is 13.5. The van der Waals surface area contributed by atoms with Crippen molar-refractivity contribution in [2.75, 3.05) is 58.9 Å². The molecule has 0 unspecified atom stereocenters. The highest BCUT2D eigenvalue weighted by Gasteiger charge is 2.38. The van der Waals surface area contributed by atoms with Gasteiger partial charge in [0.2, 0.25) is 0 Å². The summed E-state index contributed by atoms with van der Waals surface area (Å²) >= 11 is 5.93. The molecule has 2 saturated heterocycles. The highest BCUT2D eigenvalue weighted by molar-refractivity contribution is 6.31. The van der Waals surface area contributed by atoms with Crippen molar-refractivity contribution < 1.29 is 18.6 Å². The number of likely N-dealkylation sites (N-methyl/N-ethyl adjacent to an activating group) is 1. The van der Waals surface area contributed by atoms with E-state index in [4.69, 9.17) is 25.8 Å². The number of fused-ring (bicyclic) bond motifs is 2. The van der Waals surface area contributed by atoms with E-state index >= 15 is 0 Å². The van der Waals surface area contributed by atoms with Gasteiger partial charge in [0.25, 0.3) is 0 Å². The number of aromatic nitrogens is 2. The number of rotatable bonds is 8. The summed E-state index contributed by atoms with van der Waals surface area (Å²) in [6.45, 7) is 5.30. The van der Waals surface area contributed by atoms with Crippen molar-refractivity contribution in [2.24, 2.45) is 0 Å². The van der Waals surface area contributed by atoms with Crippen molar-refractivity contribution in [2.45, 2.75) is 18.6 Å². The molecule has 35 heavy (non-hydrogen) atoms. The van der Waals surface area contributed by atoms with Crippen LogP contribution in [-0.4, -0.2) is 85.5 Å². The minimum atomic E-state index is -0.475. The van der Waals surface area contributed by atoms with Gasteiger partial charge in [-0.05, 0) is 37.7 Å². The number of halogens is 2. The second kappa shape index (κ2) is 10.5. The lowest BCUT2D eigenvalue weighted by atomic mass is 10.1. The number of hydrogen-bond donors (Lipinski definition) is 1. The molecule has 2 atom stereocenters. The molecule has 1 aromatic heterocycles. The first-order valence-electron chi connectivity index (χ1n) is 11.7. The molecule has 0 radical (unpaired) electrons. The Labute approximate surface area is 208 Å². The maximum Gasteiger partial charge on any atom is 0.162 e. The molecule has 3 heterocycles. The Bertz CT molecular complexity index is 1200. The molecule has 3 aromatic rings. The molecule has 2 aromatic carbocycles. The van der Waals surface area contributed by atoms with Crippen LogP contribution in [0.4, 0.5) is 15.9 Å². The van der Waals surface area contributed by atoms with Crippen LogP contribution in [0.5, 0.6) is 11.5 Å². The normalized spacial score (nSPS) is 20.7. The van der Waals surface area contributed by atoms with Crippen molar-refractivity contribution in [1.29, 1.82) is 0 Å². The van der Waals surface area contributed by atoms with Gasteiger partial charge in [0, 0.05) is 49.4 Å². The van der Waals surface area contributed by atoms with Gasteiger partial charge in [0.15, 0.2) is 11.5 Å². The average molecular weight is 502 g/mol. The molecule has 2 aliphatic heterocycles. The molecule has 0 bridgehead atoms. The first kappa shape index (κ1) is 24.0. The Morgan fingerprint density at radius 1 is 1.20 bits per heavy atom. The van der Waals surface area contributed by atoms with Gasteiger partial charge in [-0.2, -0.15) is 0 Å². The summed E-state index contributed by atoms with van der Waals surface area (Å²) in [7, 11) is 3.79. The molecule has 186 valence electrons. The fourth-order valence-corrected chi connectivity index (χ4v) is 4.91. The lowest BCUT2D eigenvalue weighted by Crippen LogP contribution is -2.48. The Hall–Kier alpha value is -2.72. The number of nitrogens with one attached hydrogen (secondary N) is 1. The van der Waals surface area contributed by atoms with Crippen molar-refractivity contribution in [3.63, 3.8) is 0 Å². The Morgan fingerprint density at radius 2 is 2.09 bits per heavy atom. The second-order valence-corrected chi connectivity index (χ2v) is 9.32. The number of likely N-dealkylation sites (tertiary alicyclic amines) is 1. The maximum absolute atomic E-state index is 13.5. The van der Waals surface area contributed by atoms with Crippen LogP contribution in [0.15, 0.2) is 36.7 Å². The van der Waals surface area contributed by atoms with Gasteiger partial charge in [-0.25, -0.2) is 14.4 Å². The van der Waals surface area contributed by atoms with Gasteiger partial charge in [-0.1, -0.05) is 11.6 Å². The molecule has 2 aliphatic rings. The predicted octanol–water partition coefficient (Wildman–Crippen LogP) is 3.96. The van der Waals surface area contributed by atoms with Crippen molar-refractivity contribution in [3.05, 3.63) is 47.5 Å².